The van der Waals surface area contributed by atoms with Crippen LogP contribution in [0.25, 0.3) is 0 Å². The lowest BCUT2D eigenvalue weighted by molar-refractivity contribution is -0.122. The van der Waals surface area contributed by atoms with Crippen LogP contribution >= 0.6 is 11.6 Å². The second-order valence-corrected chi connectivity index (χ2v) is 17.4. The van der Waals surface area contributed by atoms with E-state index in [-0.39, 0.29) is 46.0 Å². The summed E-state index contributed by atoms with van der Waals surface area (Å²) in [6.45, 7) is 12.7. The zero-order valence-electron chi connectivity index (χ0n) is 30.8. The van der Waals surface area contributed by atoms with E-state index in [1.807, 2.05) is 19.1 Å². The van der Waals surface area contributed by atoms with Crippen molar-refractivity contribution in [3.05, 3.63) is 95.2 Å². The van der Waals surface area contributed by atoms with Gasteiger partial charge in [0.25, 0.3) is 11.8 Å². The van der Waals surface area contributed by atoms with Gasteiger partial charge in [0.05, 0.1) is 24.7 Å². The fourth-order valence-electron chi connectivity index (χ4n) is 7.95. The first-order valence-electron chi connectivity index (χ1n) is 18.1. The molecule has 6 rings (SSSR count). The van der Waals surface area contributed by atoms with Gasteiger partial charge in [0, 0.05) is 48.3 Å². The molecule has 1 N–H and O–H groups in total. The van der Waals surface area contributed by atoms with Gasteiger partial charge in [0.15, 0.2) is 5.78 Å². The maximum absolute atomic E-state index is 14.7. The molecule has 1 spiro atoms. The van der Waals surface area contributed by atoms with Gasteiger partial charge in [0.2, 0.25) is 5.88 Å². The van der Waals surface area contributed by atoms with Crippen molar-refractivity contribution >= 4 is 44.8 Å². The molecule has 0 radical (unpaired) electrons. The number of nitrogens with zero attached hydrogens (tertiary/aromatic N) is 4. The Morgan fingerprint density at radius 2 is 2.00 bits per heavy atom. The van der Waals surface area contributed by atoms with Crippen LogP contribution in [-0.2, 0) is 33.6 Å². The first kappa shape index (κ1) is 38.3. The number of methoxy groups -OCH3 is 1. The molecule has 13 heteroatoms. The quantitative estimate of drug-likeness (QED) is 0.156. The molecule has 1 aromatic heterocycles. The molecule has 3 aliphatic rings. The van der Waals surface area contributed by atoms with Crippen LogP contribution in [0.1, 0.15) is 77.8 Å². The molecule has 53 heavy (non-hydrogen) atoms. The van der Waals surface area contributed by atoms with Crippen molar-refractivity contribution in [2.75, 3.05) is 31.7 Å². The molecule has 1 aliphatic heterocycles. The van der Waals surface area contributed by atoms with Crippen LogP contribution in [0.4, 0.5) is 5.69 Å². The van der Waals surface area contributed by atoms with Crippen LogP contribution in [0, 0.1) is 17.8 Å². The zero-order chi connectivity index (χ0) is 38.1. The zero-order valence-corrected chi connectivity index (χ0v) is 32.4. The summed E-state index contributed by atoms with van der Waals surface area (Å²) in [5, 5.41) is 4.11. The molecular weight excluding hydrogens is 714 g/mol. The number of carbonyl (C=O) groups excluding carboxylic acids is 3. The standard InChI is InChI=1S/C40H48ClN5O6S/c1-7-10-25(3)26(4)53(50,44-38(49)32-22-45(5)42-39(32)51-6)43-37(48)28-13-17-36-34(20-28)46(21-29-12-15-31(29)35(47)8-2)23-40(24-52-36)18-9-11-27-19-30(41)14-16-33(27)40/h7-8,13-14,16-17,19-20,22,25-26,29,31H,1-2,9-12,15,18,21,23-24H2,3-6H3,(H,43,44,48,49,50). The summed E-state index contributed by atoms with van der Waals surface area (Å²) in [5.41, 5.74) is 3.02. The highest BCUT2D eigenvalue weighted by atomic mass is 35.5. The number of aryl methyl sites for hydroxylation is 2. The van der Waals surface area contributed by atoms with E-state index in [9.17, 15) is 18.6 Å². The summed E-state index contributed by atoms with van der Waals surface area (Å²) in [4.78, 5) is 42.7. The third-order valence-electron chi connectivity index (χ3n) is 11.3. The number of anilines is 1. The molecule has 6 atom stereocenters. The Labute approximate surface area is 317 Å². The number of ether oxygens (including phenoxy) is 2. The van der Waals surface area contributed by atoms with Crippen LogP contribution in [0.5, 0.6) is 11.6 Å². The molecule has 1 saturated carbocycles. The van der Waals surface area contributed by atoms with Crippen LogP contribution in [0.15, 0.2) is 72.3 Å². The molecule has 0 bridgehead atoms. The number of ketones is 1. The predicted octanol–water partition coefficient (Wildman–Crippen LogP) is 6.89. The molecule has 2 aliphatic carbocycles. The minimum absolute atomic E-state index is 0.0446. The second-order valence-electron chi connectivity index (χ2n) is 14.7. The average molecular weight is 762 g/mol. The number of fused-ring (bicyclic) bond motifs is 3. The molecule has 1 fully saturated rings. The lowest BCUT2D eigenvalue weighted by Gasteiger charge is -2.44. The Kier molecular flexibility index (Phi) is 11.2. The van der Waals surface area contributed by atoms with Crippen LogP contribution < -0.4 is 19.1 Å². The maximum Gasteiger partial charge on any atom is 0.286 e. The SMILES string of the molecule is C=CCC(C)C(C)S(=O)(=NC(=O)c1ccc2c(c1)N(CC1CCC1C(=O)C=C)CC1(CCCc3cc(Cl)ccc31)CO2)NC(=O)c1cn(C)nc1OC. The smallest absolute Gasteiger partial charge is 0.286 e. The topological polar surface area (TPSA) is 132 Å². The molecule has 2 amide bonds. The van der Waals surface area contributed by atoms with Crippen molar-refractivity contribution in [1.82, 2.24) is 14.5 Å². The highest BCUT2D eigenvalue weighted by Crippen LogP contribution is 2.46. The third-order valence-corrected chi connectivity index (χ3v) is 13.9. The minimum Gasteiger partial charge on any atom is -0.490 e. The van der Waals surface area contributed by atoms with Crippen molar-refractivity contribution in [3.8, 4) is 11.6 Å². The number of hydrogen-bond acceptors (Lipinski definition) is 8. The van der Waals surface area contributed by atoms with Gasteiger partial charge in [-0.05, 0) is 105 Å². The summed E-state index contributed by atoms with van der Waals surface area (Å²) >= 11 is 6.43. The fraction of sp³-hybridized carbons (Fsp3) is 0.450. The summed E-state index contributed by atoms with van der Waals surface area (Å²) < 4.78 is 34.9. The van der Waals surface area contributed by atoms with Gasteiger partial charge in [-0.15, -0.1) is 16.0 Å². The van der Waals surface area contributed by atoms with E-state index in [1.165, 1.54) is 35.2 Å². The van der Waals surface area contributed by atoms with Crippen molar-refractivity contribution in [3.63, 3.8) is 0 Å². The van der Waals surface area contributed by atoms with Gasteiger partial charge in [-0.25, -0.2) is 4.21 Å². The minimum atomic E-state index is -3.70. The molecule has 3 aromatic rings. The van der Waals surface area contributed by atoms with Crippen LogP contribution in [0.2, 0.25) is 5.02 Å². The van der Waals surface area contributed by atoms with E-state index in [4.69, 9.17) is 21.1 Å². The number of benzene rings is 2. The number of halogens is 1. The van der Waals surface area contributed by atoms with Gasteiger partial charge in [0.1, 0.15) is 21.2 Å². The van der Waals surface area contributed by atoms with E-state index in [2.05, 4.69) is 38.3 Å². The molecule has 2 heterocycles. The molecule has 11 nitrogen and oxygen atoms in total. The first-order chi connectivity index (χ1) is 25.3. The largest absolute Gasteiger partial charge is 0.490 e. The average Bonchev–Trinajstić information content (AvgIpc) is 3.44. The third kappa shape index (κ3) is 7.66. The Morgan fingerprint density at radius 1 is 1.21 bits per heavy atom. The van der Waals surface area contributed by atoms with Gasteiger partial charge >= 0.3 is 0 Å². The summed E-state index contributed by atoms with van der Waals surface area (Å²) in [5.74, 6) is -1.000. The monoisotopic (exact) mass is 761 g/mol. The Bertz CT molecular complexity index is 2070. The number of rotatable bonds is 12. The van der Waals surface area contributed by atoms with Crippen molar-refractivity contribution in [2.45, 2.75) is 63.0 Å². The van der Waals surface area contributed by atoms with E-state index >= 15 is 0 Å². The van der Waals surface area contributed by atoms with Gasteiger partial charge in [-0.3, -0.25) is 23.8 Å². The molecule has 2 aromatic carbocycles. The molecule has 6 unspecified atom stereocenters. The molecule has 282 valence electrons. The second kappa shape index (κ2) is 15.5. The number of allylic oxidation sites excluding steroid dienone is 2. The normalized spacial score (nSPS) is 22.7. The fourth-order valence-corrected chi connectivity index (χ4v) is 10.0. The number of nitrogens with one attached hydrogen (secondary N) is 1. The van der Waals surface area contributed by atoms with E-state index in [0.29, 0.717) is 42.6 Å². The highest BCUT2D eigenvalue weighted by molar-refractivity contribution is 7.93. The van der Waals surface area contributed by atoms with Crippen molar-refractivity contribution < 1.29 is 28.1 Å². The lowest BCUT2D eigenvalue weighted by Crippen LogP contribution is -2.49. The summed E-state index contributed by atoms with van der Waals surface area (Å²) in [6.07, 6.45) is 9.57. The van der Waals surface area contributed by atoms with Gasteiger partial charge in [-0.2, -0.15) is 0 Å². The van der Waals surface area contributed by atoms with Crippen molar-refractivity contribution in [1.29, 1.82) is 0 Å². The van der Waals surface area contributed by atoms with E-state index < -0.39 is 27.0 Å². The Morgan fingerprint density at radius 3 is 2.70 bits per heavy atom. The van der Waals surface area contributed by atoms with Crippen molar-refractivity contribution in [2.24, 2.45) is 29.2 Å². The maximum atomic E-state index is 14.7. The number of aromatic nitrogens is 2. The first-order valence-corrected chi connectivity index (χ1v) is 20.0. The Hall–Kier alpha value is -4.42. The van der Waals surface area contributed by atoms with E-state index in [1.54, 1.807) is 38.2 Å². The number of amides is 2. The van der Waals surface area contributed by atoms with Crippen LogP contribution in [0.3, 0.4) is 0 Å². The highest BCUT2D eigenvalue weighted by Gasteiger charge is 2.44. The molecule has 0 saturated heterocycles. The molecular formula is C40H48ClN5O6S. The lowest BCUT2D eigenvalue weighted by atomic mass is 9.69. The number of hydrogen-bond donors (Lipinski definition) is 1. The Balaban J connectivity index is 1.39. The van der Waals surface area contributed by atoms with E-state index in [0.717, 1.165) is 32.1 Å². The number of carbonyl (C=O) groups is 3. The predicted molar refractivity (Wildman–Crippen MR) is 207 cm³/mol. The van der Waals surface area contributed by atoms with Gasteiger partial charge < -0.3 is 14.4 Å². The summed E-state index contributed by atoms with van der Waals surface area (Å²) in [6, 6.07) is 11.2. The van der Waals surface area contributed by atoms with Crippen LogP contribution in [-0.4, -0.2) is 63.6 Å². The summed E-state index contributed by atoms with van der Waals surface area (Å²) in [7, 11) is -0.679. The van der Waals surface area contributed by atoms with Gasteiger partial charge in [-0.1, -0.05) is 37.2 Å².